The highest BCUT2D eigenvalue weighted by Gasteiger charge is 2.74. The van der Waals surface area contributed by atoms with Crippen LogP contribution < -0.4 is 0 Å². The van der Waals surface area contributed by atoms with Gasteiger partial charge in [0, 0.05) is 12.3 Å². The largest absolute Gasteiger partial charge is 0.481 e. The molecule has 0 aromatic heterocycles. The molecular formula is C30H48O3. The first kappa shape index (κ1) is 23.9. The number of rotatable bonds is 1. The summed E-state index contributed by atoms with van der Waals surface area (Å²) in [7, 11) is 0. The van der Waals surface area contributed by atoms with Gasteiger partial charge in [0.05, 0.1) is 5.41 Å². The van der Waals surface area contributed by atoms with Gasteiger partial charge in [-0.05, 0) is 109 Å². The van der Waals surface area contributed by atoms with Crippen molar-refractivity contribution in [2.75, 3.05) is 0 Å². The van der Waals surface area contributed by atoms with E-state index in [1.165, 1.54) is 32.1 Å². The molecule has 33 heavy (non-hydrogen) atoms. The minimum absolute atomic E-state index is 0.0108. The predicted molar refractivity (Wildman–Crippen MR) is 132 cm³/mol. The summed E-state index contributed by atoms with van der Waals surface area (Å²) in [6, 6.07) is 0. The van der Waals surface area contributed by atoms with E-state index in [1.54, 1.807) is 0 Å². The van der Waals surface area contributed by atoms with E-state index in [9.17, 15) is 14.7 Å². The highest BCUT2D eigenvalue weighted by molar-refractivity contribution is 5.84. The summed E-state index contributed by atoms with van der Waals surface area (Å²) in [5.41, 5.74) is 0.232. The fourth-order valence-electron chi connectivity index (χ4n) is 11.1. The Morgan fingerprint density at radius 1 is 0.788 bits per heavy atom. The van der Waals surface area contributed by atoms with Crippen LogP contribution in [0.15, 0.2) is 0 Å². The third-order valence-electron chi connectivity index (χ3n) is 13.6. The van der Waals surface area contributed by atoms with Crippen LogP contribution in [0.1, 0.15) is 119 Å². The van der Waals surface area contributed by atoms with E-state index in [1.807, 2.05) is 0 Å². The summed E-state index contributed by atoms with van der Waals surface area (Å²) in [5.74, 6) is 0.839. The maximum atomic E-state index is 13.4. The number of aliphatic carboxylic acids is 1. The second-order valence-corrected chi connectivity index (χ2v) is 15.1. The molecule has 0 heterocycles. The first-order valence-electron chi connectivity index (χ1n) is 13.9. The SMILES string of the molecule is C[C@H]1C(=O)CC[C@H]2[C@@]1(C)CC[C@H]1[C@@]2(C(=O)O)CC[C@@]2(C)[C@@H]3CC(C)(C)CC[C@@]3(C)CC[C@@]12C. The standard InChI is InChI=1S/C30H48O3/c1-19-20(31)8-9-21-27(19,5)11-10-22-28(6)15-14-26(4)13-12-25(2,3)18-23(26)29(28,7)16-17-30(21,22)24(32)33/h19,21-23H,8-18H2,1-7H3,(H,32,33)/t19-,21-,22+,23+,26-,27-,28-,29-,30+/m0/s1. The number of carbonyl (C=O) groups excluding carboxylic acids is 1. The van der Waals surface area contributed by atoms with Gasteiger partial charge in [-0.25, -0.2) is 0 Å². The van der Waals surface area contributed by atoms with Gasteiger partial charge in [-0.2, -0.15) is 0 Å². The molecule has 3 heteroatoms. The second-order valence-electron chi connectivity index (χ2n) is 15.1. The summed E-state index contributed by atoms with van der Waals surface area (Å²) in [4.78, 5) is 26.1. The molecule has 0 saturated heterocycles. The third kappa shape index (κ3) is 2.80. The van der Waals surface area contributed by atoms with Gasteiger partial charge in [0.15, 0.2) is 0 Å². The van der Waals surface area contributed by atoms with E-state index in [0.29, 0.717) is 29.0 Å². The fourth-order valence-corrected chi connectivity index (χ4v) is 11.1. The number of carbonyl (C=O) groups is 2. The Hall–Kier alpha value is -0.860. The van der Waals surface area contributed by atoms with Crippen LogP contribution in [-0.2, 0) is 9.59 Å². The normalized spacial score (nSPS) is 55.5. The molecule has 5 saturated carbocycles. The molecule has 0 unspecified atom stereocenters. The summed E-state index contributed by atoms with van der Waals surface area (Å²) < 4.78 is 0. The van der Waals surface area contributed by atoms with E-state index >= 15 is 0 Å². The van der Waals surface area contributed by atoms with E-state index in [4.69, 9.17) is 0 Å². The van der Waals surface area contributed by atoms with Gasteiger partial charge in [0.1, 0.15) is 5.78 Å². The summed E-state index contributed by atoms with van der Waals surface area (Å²) in [5, 5.41) is 11.0. The van der Waals surface area contributed by atoms with Gasteiger partial charge in [-0.1, -0.05) is 48.5 Å². The Labute approximate surface area is 201 Å². The lowest BCUT2D eigenvalue weighted by atomic mass is 9.30. The summed E-state index contributed by atoms with van der Waals surface area (Å²) in [6.07, 6.45) is 11.6. The van der Waals surface area contributed by atoms with Crippen molar-refractivity contribution < 1.29 is 14.7 Å². The first-order valence-corrected chi connectivity index (χ1v) is 13.9. The molecule has 9 atom stereocenters. The lowest BCUT2D eigenvalue weighted by Gasteiger charge is -2.74. The minimum atomic E-state index is -0.659. The van der Waals surface area contributed by atoms with Crippen LogP contribution >= 0.6 is 0 Å². The van der Waals surface area contributed by atoms with Crippen molar-refractivity contribution in [2.24, 2.45) is 56.2 Å². The Bertz CT molecular complexity index is 876. The van der Waals surface area contributed by atoms with E-state index < -0.39 is 11.4 Å². The minimum Gasteiger partial charge on any atom is -0.481 e. The highest BCUT2D eigenvalue weighted by atomic mass is 16.4. The fraction of sp³-hybridized carbons (Fsp3) is 0.933. The zero-order chi connectivity index (χ0) is 24.2. The third-order valence-corrected chi connectivity index (χ3v) is 13.6. The Morgan fingerprint density at radius 3 is 2.06 bits per heavy atom. The number of hydrogen-bond donors (Lipinski definition) is 1. The van der Waals surface area contributed by atoms with E-state index in [-0.39, 0.29) is 34.0 Å². The molecule has 1 N–H and O–H groups in total. The Morgan fingerprint density at radius 2 is 1.39 bits per heavy atom. The maximum Gasteiger partial charge on any atom is 0.310 e. The van der Waals surface area contributed by atoms with E-state index in [2.05, 4.69) is 48.5 Å². The van der Waals surface area contributed by atoms with Gasteiger partial charge < -0.3 is 5.11 Å². The molecule has 5 rings (SSSR count). The molecule has 5 fully saturated rings. The average Bonchev–Trinajstić information content (AvgIpc) is 2.74. The van der Waals surface area contributed by atoms with E-state index in [0.717, 1.165) is 32.1 Å². The second kappa shape index (κ2) is 6.88. The van der Waals surface area contributed by atoms with Crippen molar-refractivity contribution in [1.82, 2.24) is 0 Å². The number of ketones is 1. The van der Waals surface area contributed by atoms with Gasteiger partial charge in [-0.15, -0.1) is 0 Å². The number of Topliss-reactive ketones (excluding diaryl/α,β-unsaturated/α-hetero) is 1. The topological polar surface area (TPSA) is 54.4 Å². The zero-order valence-corrected chi connectivity index (χ0v) is 22.4. The molecule has 5 aliphatic rings. The first-order chi connectivity index (χ1) is 15.2. The van der Waals surface area contributed by atoms with Crippen molar-refractivity contribution in [1.29, 1.82) is 0 Å². The lowest BCUT2D eigenvalue weighted by Crippen LogP contribution is -2.70. The smallest absolute Gasteiger partial charge is 0.310 e. The Kier molecular flexibility index (Phi) is 4.97. The summed E-state index contributed by atoms with van der Waals surface area (Å²) >= 11 is 0. The van der Waals surface area contributed by atoms with Crippen molar-refractivity contribution in [3.05, 3.63) is 0 Å². The monoisotopic (exact) mass is 456 g/mol. The highest BCUT2D eigenvalue weighted by Crippen LogP contribution is 2.78. The van der Waals surface area contributed by atoms with Crippen LogP contribution in [0.4, 0.5) is 0 Å². The van der Waals surface area contributed by atoms with Gasteiger partial charge in [0.2, 0.25) is 0 Å². The maximum absolute atomic E-state index is 13.4. The molecule has 0 spiro atoms. The van der Waals surface area contributed by atoms with Crippen molar-refractivity contribution in [2.45, 2.75) is 119 Å². The Balaban J connectivity index is 1.61. The molecule has 0 radical (unpaired) electrons. The predicted octanol–water partition coefficient (Wildman–Crippen LogP) is 7.52. The molecule has 0 amide bonds. The van der Waals surface area contributed by atoms with Crippen LogP contribution in [0.5, 0.6) is 0 Å². The van der Waals surface area contributed by atoms with Gasteiger partial charge >= 0.3 is 5.97 Å². The van der Waals surface area contributed by atoms with Crippen molar-refractivity contribution >= 4 is 11.8 Å². The number of fused-ring (bicyclic) bond motifs is 7. The molecular weight excluding hydrogens is 408 g/mol. The lowest BCUT2D eigenvalue weighted by molar-refractivity contribution is -0.261. The molecule has 3 nitrogen and oxygen atoms in total. The van der Waals surface area contributed by atoms with Crippen LogP contribution in [0.2, 0.25) is 0 Å². The number of carboxylic acids is 1. The molecule has 0 aliphatic heterocycles. The number of carboxylic acid groups (broad SMARTS) is 1. The van der Waals surface area contributed by atoms with Crippen LogP contribution in [0.3, 0.4) is 0 Å². The van der Waals surface area contributed by atoms with Crippen molar-refractivity contribution in [3.8, 4) is 0 Å². The van der Waals surface area contributed by atoms with Crippen molar-refractivity contribution in [3.63, 3.8) is 0 Å². The zero-order valence-electron chi connectivity index (χ0n) is 22.4. The molecule has 0 aromatic rings. The molecule has 5 aliphatic carbocycles. The van der Waals surface area contributed by atoms with Gasteiger partial charge in [-0.3, -0.25) is 9.59 Å². The molecule has 186 valence electrons. The number of hydrogen-bond acceptors (Lipinski definition) is 2. The van der Waals surface area contributed by atoms with Gasteiger partial charge in [0.25, 0.3) is 0 Å². The van der Waals surface area contributed by atoms with Crippen LogP contribution in [0, 0.1) is 56.2 Å². The van der Waals surface area contributed by atoms with Crippen LogP contribution in [0.25, 0.3) is 0 Å². The average molecular weight is 457 g/mol. The molecule has 0 bridgehead atoms. The quantitative estimate of drug-likeness (QED) is 0.444. The van der Waals surface area contributed by atoms with Crippen LogP contribution in [-0.4, -0.2) is 16.9 Å². The molecule has 0 aromatic carbocycles. The summed E-state index contributed by atoms with van der Waals surface area (Å²) in [6.45, 7) is 16.9.